The molecular weight excluding hydrogens is 276 g/mol. The van der Waals surface area contributed by atoms with E-state index in [0.717, 1.165) is 13.1 Å². The van der Waals surface area contributed by atoms with Gasteiger partial charge in [-0.05, 0) is 62.5 Å². The lowest BCUT2D eigenvalue weighted by Gasteiger charge is -2.24. The van der Waals surface area contributed by atoms with Gasteiger partial charge in [-0.3, -0.25) is 4.90 Å². The van der Waals surface area contributed by atoms with Gasteiger partial charge in [0.05, 0.1) is 0 Å². The summed E-state index contributed by atoms with van der Waals surface area (Å²) >= 11 is 3.70. The van der Waals surface area contributed by atoms with E-state index < -0.39 is 0 Å². The average Bonchev–Trinajstić information content (AvgIpc) is 2.66. The van der Waals surface area contributed by atoms with E-state index in [2.05, 4.69) is 53.9 Å². The predicted molar refractivity (Wildman–Crippen MR) is 76.1 cm³/mol. The zero-order chi connectivity index (χ0) is 12.6. The second-order valence-electron chi connectivity index (χ2n) is 5.20. The number of nitrogens with two attached hydrogens (primary N) is 1. The molecule has 2 rings (SSSR count). The van der Waals surface area contributed by atoms with Crippen LogP contribution in [0, 0.1) is 19.8 Å². The van der Waals surface area contributed by atoms with Crippen molar-refractivity contribution in [1.29, 1.82) is 0 Å². The molecule has 3 heteroatoms. The zero-order valence-electron chi connectivity index (χ0n) is 10.8. The molecule has 0 spiro atoms. The van der Waals surface area contributed by atoms with Crippen molar-refractivity contribution in [2.24, 2.45) is 11.7 Å². The molecule has 1 saturated heterocycles. The highest BCUT2D eigenvalue weighted by molar-refractivity contribution is 9.10. The lowest BCUT2D eigenvalue weighted by Crippen LogP contribution is -2.21. The first-order valence-corrected chi connectivity index (χ1v) is 6.99. The molecule has 1 aromatic carbocycles. The minimum absolute atomic E-state index is 0.512. The molecular formula is C14H21BrN2. The third kappa shape index (κ3) is 2.42. The maximum atomic E-state index is 5.80. The molecule has 0 amide bonds. The Morgan fingerprint density at radius 1 is 1.41 bits per heavy atom. The Labute approximate surface area is 112 Å². The summed E-state index contributed by atoms with van der Waals surface area (Å²) in [6.45, 7) is 6.31. The van der Waals surface area contributed by atoms with Crippen molar-refractivity contribution in [3.8, 4) is 0 Å². The maximum Gasteiger partial charge on any atom is 0.0362 e. The van der Waals surface area contributed by atoms with Crippen LogP contribution in [0.4, 0.5) is 0 Å². The average molecular weight is 297 g/mol. The molecule has 1 aliphatic heterocycles. The molecule has 0 bridgehead atoms. The van der Waals surface area contributed by atoms with Crippen molar-refractivity contribution in [3.05, 3.63) is 33.3 Å². The van der Waals surface area contributed by atoms with E-state index in [4.69, 9.17) is 5.73 Å². The number of likely N-dealkylation sites (tertiary alicyclic amines) is 1. The Balaban J connectivity index is 2.37. The first-order valence-electron chi connectivity index (χ1n) is 6.20. The maximum absolute atomic E-state index is 5.80. The van der Waals surface area contributed by atoms with Gasteiger partial charge >= 0.3 is 0 Å². The molecule has 1 fully saturated rings. The van der Waals surface area contributed by atoms with E-state index in [1.807, 2.05) is 0 Å². The highest BCUT2D eigenvalue weighted by Crippen LogP contribution is 2.39. The molecule has 1 aromatic rings. The largest absolute Gasteiger partial charge is 0.330 e. The Kier molecular flexibility index (Phi) is 3.91. The summed E-state index contributed by atoms with van der Waals surface area (Å²) in [4.78, 5) is 2.43. The van der Waals surface area contributed by atoms with E-state index in [1.54, 1.807) is 0 Å². The van der Waals surface area contributed by atoms with Gasteiger partial charge in [0.15, 0.2) is 0 Å². The van der Waals surface area contributed by atoms with Gasteiger partial charge in [-0.1, -0.05) is 22.0 Å². The monoisotopic (exact) mass is 296 g/mol. The summed E-state index contributed by atoms with van der Waals surface area (Å²) in [6.07, 6.45) is 1.18. The summed E-state index contributed by atoms with van der Waals surface area (Å²) in [5.74, 6) is 0.636. The summed E-state index contributed by atoms with van der Waals surface area (Å²) in [7, 11) is 2.20. The van der Waals surface area contributed by atoms with Gasteiger partial charge in [0.25, 0.3) is 0 Å². The molecule has 0 saturated carbocycles. The Hall–Kier alpha value is -0.380. The molecule has 1 aliphatic rings. The second kappa shape index (κ2) is 5.09. The van der Waals surface area contributed by atoms with E-state index >= 15 is 0 Å². The van der Waals surface area contributed by atoms with Crippen LogP contribution in [0.2, 0.25) is 0 Å². The predicted octanol–water partition coefficient (Wildman–Crippen LogP) is 3.02. The summed E-state index contributed by atoms with van der Waals surface area (Å²) in [5, 5.41) is 0. The van der Waals surface area contributed by atoms with Crippen LogP contribution in [0.15, 0.2) is 16.6 Å². The molecule has 94 valence electrons. The molecule has 0 aliphatic carbocycles. The van der Waals surface area contributed by atoms with Crippen molar-refractivity contribution >= 4 is 15.9 Å². The fourth-order valence-electron chi connectivity index (χ4n) is 2.83. The number of halogens is 1. The van der Waals surface area contributed by atoms with Crippen molar-refractivity contribution < 1.29 is 0 Å². The second-order valence-corrected chi connectivity index (χ2v) is 6.05. The van der Waals surface area contributed by atoms with Crippen LogP contribution in [0.25, 0.3) is 0 Å². The van der Waals surface area contributed by atoms with Gasteiger partial charge in [0, 0.05) is 17.1 Å². The lowest BCUT2D eigenvalue weighted by atomic mass is 9.94. The molecule has 0 aromatic heterocycles. The van der Waals surface area contributed by atoms with Gasteiger partial charge < -0.3 is 5.73 Å². The van der Waals surface area contributed by atoms with Crippen molar-refractivity contribution in [1.82, 2.24) is 4.90 Å². The van der Waals surface area contributed by atoms with Crippen molar-refractivity contribution in [2.45, 2.75) is 26.3 Å². The fraction of sp³-hybridized carbons (Fsp3) is 0.571. The van der Waals surface area contributed by atoms with Gasteiger partial charge in [-0.15, -0.1) is 0 Å². The number of aryl methyl sites for hydroxylation is 1. The number of rotatable bonds is 2. The third-order valence-corrected chi connectivity index (χ3v) is 4.73. The van der Waals surface area contributed by atoms with Crippen LogP contribution in [0.1, 0.15) is 29.2 Å². The van der Waals surface area contributed by atoms with Gasteiger partial charge in [0.1, 0.15) is 0 Å². The first-order chi connectivity index (χ1) is 8.04. The SMILES string of the molecule is Cc1ccc(Br)c(C2CC(CN)CN2C)c1C. The van der Waals surface area contributed by atoms with E-state index in [-0.39, 0.29) is 0 Å². The van der Waals surface area contributed by atoms with Crippen molar-refractivity contribution in [3.63, 3.8) is 0 Å². The summed E-state index contributed by atoms with van der Waals surface area (Å²) < 4.78 is 1.23. The van der Waals surface area contributed by atoms with E-state index in [9.17, 15) is 0 Å². The van der Waals surface area contributed by atoms with Gasteiger partial charge in [0.2, 0.25) is 0 Å². The normalized spacial score (nSPS) is 25.5. The lowest BCUT2D eigenvalue weighted by molar-refractivity contribution is 0.312. The molecule has 2 nitrogen and oxygen atoms in total. The number of hydrogen-bond acceptors (Lipinski definition) is 2. The van der Waals surface area contributed by atoms with Crippen LogP contribution in [-0.4, -0.2) is 25.0 Å². The molecule has 0 radical (unpaired) electrons. The Morgan fingerprint density at radius 2 is 2.12 bits per heavy atom. The number of nitrogens with zero attached hydrogens (tertiary/aromatic N) is 1. The minimum atomic E-state index is 0.512. The quantitative estimate of drug-likeness (QED) is 0.909. The first kappa shape index (κ1) is 13.1. The van der Waals surface area contributed by atoms with Crippen molar-refractivity contribution in [2.75, 3.05) is 20.1 Å². The Bertz CT molecular complexity index is 417. The van der Waals surface area contributed by atoms with Crippen LogP contribution in [0.3, 0.4) is 0 Å². The van der Waals surface area contributed by atoms with Gasteiger partial charge in [-0.2, -0.15) is 0 Å². The van der Waals surface area contributed by atoms with Gasteiger partial charge in [-0.25, -0.2) is 0 Å². The fourth-order valence-corrected chi connectivity index (χ4v) is 3.52. The van der Waals surface area contributed by atoms with E-state index in [0.29, 0.717) is 12.0 Å². The smallest absolute Gasteiger partial charge is 0.0362 e. The Morgan fingerprint density at radius 3 is 2.71 bits per heavy atom. The summed E-state index contributed by atoms with van der Waals surface area (Å²) in [6, 6.07) is 4.86. The zero-order valence-corrected chi connectivity index (χ0v) is 12.4. The molecule has 17 heavy (non-hydrogen) atoms. The molecule has 2 atom stereocenters. The van der Waals surface area contributed by atoms with E-state index in [1.165, 1.54) is 27.6 Å². The number of benzene rings is 1. The molecule has 1 heterocycles. The molecule has 2 N–H and O–H groups in total. The standard InChI is InChI=1S/C14H21BrN2/c1-9-4-5-12(15)14(10(9)2)13-6-11(7-16)8-17(13)3/h4-5,11,13H,6-8,16H2,1-3H3. The summed E-state index contributed by atoms with van der Waals surface area (Å²) in [5.41, 5.74) is 10.0. The van der Waals surface area contributed by atoms with Crippen LogP contribution >= 0.6 is 15.9 Å². The highest BCUT2D eigenvalue weighted by Gasteiger charge is 2.31. The van der Waals surface area contributed by atoms with Crippen LogP contribution in [0.5, 0.6) is 0 Å². The highest BCUT2D eigenvalue weighted by atomic mass is 79.9. The van der Waals surface area contributed by atoms with Crippen LogP contribution in [-0.2, 0) is 0 Å². The number of hydrogen-bond donors (Lipinski definition) is 1. The van der Waals surface area contributed by atoms with Crippen LogP contribution < -0.4 is 5.73 Å². The minimum Gasteiger partial charge on any atom is -0.330 e. The third-order valence-electron chi connectivity index (χ3n) is 4.03. The topological polar surface area (TPSA) is 29.3 Å². The molecule has 2 unspecified atom stereocenters.